The molecule has 1 radical (unpaired) electrons. The van der Waals surface area contributed by atoms with Crippen molar-refractivity contribution in [3.63, 3.8) is 0 Å². The van der Waals surface area contributed by atoms with Gasteiger partial charge in [0, 0.05) is 16.1 Å². The van der Waals surface area contributed by atoms with Gasteiger partial charge < -0.3 is 0 Å². The molecule has 0 saturated carbocycles. The summed E-state index contributed by atoms with van der Waals surface area (Å²) in [5, 5.41) is 10.6. The normalized spacial score (nSPS) is 11.5. The van der Waals surface area contributed by atoms with Crippen molar-refractivity contribution in [1.29, 1.82) is 0 Å². The first kappa shape index (κ1) is 19.4. The molecule has 0 bridgehead atoms. The molecule has 4 aromatic rings. The lowest BCUT2D eigenvalue weighted by atomic mass is 10.0. The number of rotatable bonds is 5. The second-order valence-corrected chi connectivity index (χ2v) is 8.55. The molecule has 145 valence electrons. The molecule has 2 N–H and O–H groups in total. The number of aromatic nitrogens is 2. The molecule has 1 heterocycles. The van der Waals surface area contributed by atoms with Crippen molar-refractivity contribution >= 4 is 21.6 Å². The molecule has 5 nitrogen and oxygen atoms in total. The Morgan fingerprint density at radius 1 is 0.897 bits per heavy atom. The number of benzene rings is 3. The maximum absolute atomic E-state index is 11.5. The van der Waals surface area contributed by atoms with E-state index in [0.717, 1.165) is 22.3 Å². The number of halogens is 1. The average molecular weight is 423 g/mol. The molecule has 0 unspecified atom stereocenters. The molecule has 0 aliphatic heterocycles. The smallest absolute Gasteiger partial charge is 0.238 e. The Morgan fingerprint density at radius 3 is 2.14 bits per heavy atom. The van der Waals surface area contributed by atoms with Gasteiger partial charge in [-0.2, -0.15) is 5.10 Å². The maximum atomic E-state index is 11.5. The molecule has 29 heavy (non-hydrogen) atoms. The van der Waals surface area contributed by atoms with Crippen LogP contribution in [0.15, 0.2) is 83.8 Å². The minimum Gasteiger partial charge on any atom is -0.258 e. The van der Waals surface area contributed by atoms with Crippen molar-refractivity contribution in [2.45, 2.75) is 11.4 Å². The molecular weight excluding hydrogens is 406 g/mol. The molecule has 0 amide bonds. The molecule has 0 spiro atoms. The molecule has 0 aliphatic carbocycles. The van der Waals surface area contributed by atoms with Gasteiger partial charge in [-0.3, -0.25) is 4.68 Å². The van der Waals surface area contributed by atoms with Gasteiger partial charge in [0.25, 0.3) is 0 Å². The molecule has 7 heteroatoms. The van der Waals surface area contributed by atoms with E-state index < -0.39 is 10.0 Å². The summed E-state index contributed by atoms with van der Waals surface area (Å²) in [5.74, 6) is 0. The lowest BCUT2D eigenvalue weighted by molar-refractivity contribution is 0.598. The number of sulfonamides is 1. The summed E-state index contributed by atoms with van der Waals surface area (Å²) >= 11 is 6.03. The predicted octanol–water partition coefficient (Wildman–Crippen LogP) is 4.37. The summed E-state index contributed by atoms with van der Waals surface area (Å²) in [6.07, 6.45) is 3.33. The van der Waals surface area contributed by atoms with Crippen molar-refractivity contribution in [2.75, 3.05) is 0 Å². The Morgan fingerprint density at radius 2 is 1.52 bits per heavy atom. The zero-order chi connectivity index (χ0) is 20.4. The first-order valence-corrected chi connectivity index (χ1v) is 10.8. The van der Waals surface area contributed by atoms with Crippen molar-refractivity contribution in [3.8, 4) is 22.4 Å². The van der Waals surface area contributed by atoms with E-state index in [-0.39, 0.29) is 4.90 Å². The number of nitrogens with two attached hydrogens (primary N) is 1. The Kier molecular flexibility index (Phi) is 5.24. The lowest BCUT2D eigenvalue weighted by Gasteiger charge is -2.04. The first-order chi connectivity index (χ1) is 13.9. The Hall–Kier alpha value is -2.93. The molecule has 0 fully saturated rings. The molecule has 4 rings (SSSR count). The molecule has 3 aromatic carbocycles. The largest absolute Gasteiger partial charge is 0.258 e. The molecule has 0 aliphatic rings. The van der Waals surface area contributed by atoms with Crippen LogP contribution in [0.2, 0.25) is 5.02 Å². The van der Waals surface area contributed by atoms with Crippen molar-refractivity contribution in [3.05, 3.63) is 95.6 Å². The monoisotopic (exact) mass is 422 g/mol. The van der Waals surface area contributed by atoms with Gasteiger partial charge in [-0.15, -0.1) is 0 Å². The molecule has 1 aromatic heterocycles. The van der Waals surface area contributed by atoms with Crippen LogP contribution >= 0.6 is 11.6 Å². The van der Waals surface area contributed by atoms with Gasteiger partial charge in [0.1, 0.15) is 5.69 Å². The summed E-state index contributed by atoms with van der Waals surface area (Å²) < 4.78 is 24.8. The molecule has 0 atom stereocenters. The third kappa shape index (κ3) is 4.40. The third-order valence-corrected chi connectivity index (χ3v) is 5.64. The van der Waals surface area contributed by atoms with Crippen LogP contribution in [0.3, 0.4) is 0 Å². The number of primary sulfonamides is 1. The summed E-state index contributed by atoms with van der Waals surface area (Å²) in [4.78, 5) is 0.0574. The van der Waals surface area contributed by atoms with Gasteiger partial charge in [-0.05, 0) is 35.4 Å². The summed E-state index contributed by atoms with van der Waals surface area (Å²) in [6, 6.07) is 23.8. The van der Waals surface area contributed by atoms with Gasteiger partial charge in [0.05, 0.1) is 17.6 Å². The van der Waals surface area contributed by atoms with Gasteiger partial charge >= 0.3 is 0 Å². The van der Waals surface area contributed by atoms with Crippen LogP contribution in [0, 0.1) is 6.20 Å². The highest BCUT2D eigenvalue weighted by molar-refractivity contribution is 7.89. The van der Waals surface area contributed by atoms with Gasteiger partial charge in [-0.1, -0.05) is 66.2 Å². The molecular formula is C22H17ClN3O2S. The SMILES string of the molecule is NS(=O)(=O)c1ccc(-c2nn(Cc3ccccc3)[c]c2-c2ccc(Cl)cc2)cc1. The minimum absolute atomic E-state index is 0.0574. The van der Waals surface area contributed by atoms with E-state index in [1.165, 1.54) is 12.1 Å². The number of nitrogens with zero attached hydrogens (tertiary/aromatic N) is 2. The lowest BCUT2D eigenvalue weighted by Crippen LogP contribution is -2.11. The van der Waals surface area contributed by atoms with E-state index in [1.54, 1.807) is 16.8 Å². The Balaban J connectivity index is 1.79. The summed E-state index contributed by atoms with van der Waals surface area (Å²) in [7, 11) is -3.75. The summed E-state index contributed by atoms with van der Waals surface area (Å²) in [5.41, 5.74) is 4.29. The standard InChI is InChI=1S/C22H17ClN3O2S/c23-19-10-6-17(7-11-19)21-15-26(14-16-4-2-1-3-5-16)25-22(21)18-8-12-20(13-9-18)29(24,27)28/h1-13H,14H2,(H2,24,27,28). The highest BCUT2D eigenvalue weighted by Gasteiger charge is 2.16. The van der Waals surface area contributed by atoms with Gasteiger partial charge in [0.2, 0.25) is 10.0 Å². The van der Waals surface area contributed by atoms with Crippen molar-refractivity contribution in [1.82, 2.24) is 9.78 Å². The fourth-order valence-corrected chi connectivity index (χ4v) is 3.67. The first-order valence-electron chi connectivity index (χ1n) is 8.83. The second kappa shape index (κ2) is 7.83. The van der Waals surface area contributed by atoms with E-state index in [9.17, 15) is 8.42 Å². The van der Waals surface area contributed by atoms with Crippen molar-refractivity contribution in [2.24, 2.45) is 5.14 Å². The van der Waals surface area contributed by atoms with Crippen LogP contribution in [0.1, 0.15) is 5.56 Å². The van der Waals surface area contributed by atoms with Gasteiger partial charge in [0.15, 0.2) is 0 Å². The fourth-order valence-electron chi connectivity index (χ4n) is 3.03. The van der Waals surface area contributed by atoms with Crippen LogP contribution in [0.5, 0.6) is 0 Å². The second-order valence-electron chi connectivity index (χ2n) is 6.55. The third-order valence-electron chi connectivity index (χ3n) is 4.46. The molecule has 0 saturated heterocycles. The summed E-state index contributed by atoms with van der Waals surface area (Å²) in [6.45, 7) is 0.566. The Labute approximate surface area is 174 Å². The fraction of sp³-hybridized carbons (Fsp3) is 0.0455. The minimum atomic E-state index is -3.75. The number of hydrogen-bond donors (Lipinski definition) is 1. The zero-order valence-electron chi connectivity index (χ0n) is 15.3. The van der Waals surface area contributed by atoms with E-state index in [4.69, 9.17) is 21.8 Å². The van der Waals surface area contributed by atoms with Crippen LogP contribution in [-0.2, 0) is 16.6 Å². The number of hydrogen-bond acceptors (Lipinski definition) is 3. The van der Waals surface area contributed by atoms with Crippen LogP contribution < -0.4 is 5.14 Å². The highest BCUT2D eigenvalue weighted by Crippen LogP contribution is 2.32. The topological polar surface area (TPSA) is 78.0 Å². The predicted molar refractivity (Wildman–Crippen MR) is 114 cm³/mol. The highest BCUT2D eigenvalue weighted by atomic mass is 35.5. The van der Waals surface area contributed by atoms with Crippen LogP contribution in [-0.4, -0.2) is 18.2 Å². The van der Waals surface area contributed by atoms with E-state index >= 15 is 0 Å². The van der Waals surface area contributed by atoms with E-state index in [1.807, 2.05) is 54.6 Å². The quantitative estimate of drug-likeness (QED) is 0.518. The maximum Gasteiger partial charge on any atom is 0.238 e. The van der Waals surface area contributed by atoms with Crippen LogP contribution in [0.4, 0.5) is 0 Å². The van der Waals surface area contributed by atoms with E-state index in [0.29, 0.717) is 17.3 Å². The zero-order valence-corrected chi connectivity index (χ0v) is 16.9. The Bertz CT molecular complexity index is 1230. The van der Waals surface area contributed by atoms with Crippen molar-refractivity contribution < 1.29 is 8.42 Å². The van der Waals surface area contributed by atoms with Crippen LogP contribution in [0.25, 0.3) is 22.4 Å². The average Bonchev–Trinajstić information content (AvgIpc) is 3.12. The van der Waals surface area contributed by atoms with Gasteiger partial charge in [-0.25, -0.2) is 13.6 Å². The van der Waals surface area contributed by atoms with E-state index in [2.05, 4.69) is 6.20 Å².